The maximum atomic E-state index is 13.0. The molecule has 1 aromatic heterocycles. The van der Waals surface area contributed by atoms with E-state index in [-0.39, 0.29) is 42.3 Å². The van der Waals surface area contributed by atoms with Crippen LogP contribution in [0.5, 0.6) is 5.88 Å². The number of nitrogens with one attached hydrogen (secondary N) is 2. The number of aromatic nitrogens is 1. The molecular formula is C24H38F3N3O5. The molecule has 0 saturated heterocycles. The summed E-state index contributed by atoms with van der Waals surface area (Å²) in [6.07, 6.45) is -2.10. The standard InChI is InChI=1S/C21H30F3N3O5.C3H8/c1-20(2,3)32-19(30)26-14-6-5-12(9-14)17(29)25-8-7-15-13(11-28)10-16(21(22,23)24)27-18(15)31-4;1-3-2/h10,12,14,28H,5-9,11H2,1-4H3,(H,25,29)(H,26,30);3H2,1-2H3. The van der Waals surface area contributed by atoms with Gasteiger partial charge >= 0.3 is 12.3 Å². The van der Waals surface area contributed by atoms with Crippen molar-refractivity contribution >= 4 is 12.0 Å². The molecule has 3 N–H and O–H groups in total. The maximum absolute atomic E-state index is 13.0. The first-order chi connectivity index (χ1) is 16.2. The number of aliphatic hydroxyl groups is 1. The summed E-state index contributed by atoms with van der Waals surface area (Å²) in [6.45, 7) is 9.06. The molecule has 1 heterocycles. The van der Waals surface area contributed by atoms with Crippen LogP contribution in [-0.2, 0) is 28.7 Å². The van der Waals surface area contributed by atoms with E-state index in [0.717, 1.165) is 6.07 Å². The fourth-order valence-corrected chi connectivity index (χ4v) is 3.60. The van der Waals surface area contributed by atoms with Gasteiger partial charge in [-0.15, -0.1) is 0 Å². The van der Waals surface area contributed by atoms with E-state index in [1.54, 1.807) is 20.8 Å². The summed E-state index contributed by atoms with van der Waals surface area (Å²) >= 11 is 0. The highest BCUT2D eigenvalue weighted by atomic mass is 19.4. The van der Waals surface area contributed by atoms with Gasteiger partial charge in [-0.2, -0.15) is 13.2 Å². The minimum absolute atomic E-state index is 0.0425. The topological polar surface area (TPSA) is 110 Å². The number of amides is 2. The molecule has 1 aliphatic carbocycles. The van der Waals surface area contributed by atoms with Crippen molar-refractivity contribution in [2.24, 2.45) is 5.92 Å². The Morgan fingerprint density at radius 1 is 1.20 bits per heavy atom. The van der Waals surface area contributed by atoms with Crippen LogP contribution in [0.4, 0.5) is 18.0 Å². The number of halogens is 3. The van der Waals surface area contributed by atoms with Crippen LogP contribution in [0.25, 0.3) is 0 Å². The molecule has 2 amide bonds. The summed E-state index contributed by atoms with van der Waals surface area (Å²) in [4.78, 5) is 27.9. The Morgan fingerprint density at radius 2 is 1.83 bits per heavy atom. The second-order valence-corrected chi connectivity index (χ2v) is 9.41. The molecule has 0 radical (unpaired) electrons. The molecule has 1 aromatic rings. The van der Waals surface area contributed by atoms with Gasteiger partial charge in [0.15, 0.2) is 0 Å². The molecule has 2 rings (SSSR count). The molecule has 2 unspecified atom stereocenters. The molecule has 0 spiro atoms. The van der Waals surface area contributed by atoms with Crippen LogP contribution in [0.2, 0.25) is 0 Å². The number of methoxy groups -OCH3 is 1. The van der Waals surface area contributed by atoms with E-state index in [9.17, 15) is 27.9 Å². The Labute approximate surface area is 205 Å². The van der Waals surface area contributed by atoms with Gasteiger partial charge in [-0.1, -0.05) is 20.3 Å². The Hall–Kier alpha value is -2.56. The van der Waals surface area contributed by atoms with Crippen LogP contribution in [0.3, 0.4) is 0 Å². The van der Waals surface area contributed by atoms with Crippen LogP contribution >= 0.6 is 0 Å². The van der Waals surface area contributed by atoms with Gasteiger partial charge in [0.1, 0.15) is 11.3 Å². The van der Waals surface area contributed by atoms with Crippen molar-refractivity contribution in [1.29, 1.82) is 0 Å². The summed E-state index contributed by atoms with van der Waals surface area (Å²) in [6, 6.07) is 0.615. The number of hydrogen-bond donors (Lipinski definition) is 3. The Kier molecular flexibility index (Phi) is 11.8. The minimum atomic E-state index is -4.67. The lowest BCUT2D eigenvalue weighted by atomic mass is 10.0. The van der Waals surface area contributed by atoms with Crippen molar-refractivity contribution in [2.45, 2.75) is 91.1 Å². The van der Waals surface area contributed by atoms with E-state index in [1.165, 1.54) is 13.5 Å². The number of rotatable bonds is 7. The number of carbonyl (C=O) groups is 2. The normalized spacial score (nSPS) is 17.8. The minimum Gasteiger partial charge on any atom is -0.481 e. The first-order valence-electron chi connectivity index (χ1n) is 11.8. The van der Waals surface area contributed by atoms with E-state index >= 15 is 0 Å². The van der Waals surface area contributed by atoms with E-state index in [4.69, 9.17) is 9.47 Å². The molecule has 1 fully saturated rings. The third-order valence-corrected chi connectivity index (χ3v) is 5.03. The van der Waals surface area contributed by atoms with Crippen molar-refractivity contribution in [3.8, 4) is 5.88 Å². The van der Waals surface area contributed by atoms with E-state index in [0.29, 0.717) is 24.8 Å². The number of alkyl carbamates (subject to hydrolysis) is 1. The van der Waals surface area contributed by atoms with E-state index in [1.807, 2.05) is 0 Å². The number of aliphatic hydroxyl groups excluding tert-OH is 1. The van der Waals surface area contributed by atoms with Crippen molar-refractivity contribution < 1.29 is 37.3 Å². The van der Waals surface area contributed by atoms with Gasteiger partial charge < -0.3 is 25.2 Å². The molecule has 0 aromatic carbocycles. The molecule has 0 aliphatic heterocycles. The number of alkyl halides is 3. The lowest BCUT2D eigenvalue weighted by molar-refractivity contribution is -0.141. The number of pyridine rings is 1. The quantitative estimate of drug-likeness (QED) is 0.508. The lowest BCUT2D eigenvalue weighted by Crippen LogP contribution is -2.38. The largest absolute Gasteiger partial charge is 0.481 e. The average Bonchev–Trinajstić information content (AvgIpc) is 3.20. The van der Waals surface area contributed by atoms with Crippen LogP contribution < -0.4 is 15.4 Å². The molecule has 200 valence electrons. The third-order valence-electron chi connectivity index (χ3n) is 5.03. The molecule has 1 saturated carbocycles. The second kappa shape index (κ2) is 13.5. The molecule has 35 heavy (non-hydrogen) atoms. The molecular weight excluding hydrogens is 467 g/mol. The fraction of sp³-hybridized carbons (Fsp3) is 0.708. The van der Waals surface area contributed by atoms with Crippen molar-refractivity contribution in [1.82, 2.24) is 15.6 Å². The summed E-state index contributed by atoms with van der Waals surface area (Å²) in [5, 5.41) is 15.0. The molecule has 0 bridgehead atoms. The lowest BCUT2D eigenvalue weighted by Gasteiger charge is -2.21. The number of hydrogen-bond acceptors (Lipinski definition) is 6. The van der Waals surface area contributed by atoms with Gasteiger partial charge in [0.2, 0.25) is 11.8 Å². The van der Waals surface area contributed by atoms with Gasteiger partial charge in [0, 0.05) is 24.1 Å². The van der Waals surface area contributed by atoms with Gasteiger partial charge in [0.05, 0.1) is 13.7 Å². The third kappa shape index (κ3) is 10.3. The molecule has 2 atom stereocenters. The molecule has 11 heteroatoms. The zero-order valence-corrected chi connectivity index (χ0v) is 21.3. The Morgan fingerprint density at radius 3 is 2.34 bits per heavy atom. The smallest absolute Gasteiger partial charge is 0.433 e. The SMILES string of the molecule is CCC.COc1nc(C(F)(F)F)cc(CO)c1CCNC(=O)C1CCC(NC(=O)OC(C)(C)C)C1. The summed E-state index contributed by atoms with van der Waals surface area (Å²) in [5.74, 6) is -0.733. The predicted molar refractivity (Wildman–Crippen MR) is 125 cm³/mol. The highest BCUT2D eigenvalue weighted by molar-refractivity contribution is 5.79. The van der Waals surface area contributed by atoms with E-state index < -0.39 is 30.2 Å². The maximum Gasteiger partial charge on any atom is 0.433 e. The fourth-order valence-electron chi connectivity index (χ4n) is 3.60. The van der Waals surface area contributed by atoms with Crippen LogP contribution in [-0.4, -0.2) is 47.4 Å². The van der Waals surface area contributed by atoms with Crippen LogP contribution in [0.15, 0.2) is 6.07 Å². The zero-order valence-electron chi connectivity index (χ0n) is 21.3. The van der Waals surface area contributed by atoms with Crippen LogP contribution in [0, 0.1) is 5.92 Å². The Bertz CT molecular complexity index is 816. The second-order valence-electron chi connectivity index (χ2n) is 9.41. The number of ether oxygens (including phenoxy) is 2. The van der Waals surface area contributed by atoms with Crippen molar-refractivity contribution in [3.63, 3.8) is 0 Å². The van der Waals surface area contributed by atoms with Crippen LogP contribution in [0.1, 0.15) is 77.1 Å². The summed E-state index contributed by atoms with van der Waals surface area (Å²) in [7, 11) is 1.20. The number of carbonyl (C=O) groups excluding carboxylic acids is 2. The van der Waals surface area contributed by atoms with Gasteiger partial charge in [-0.25, -0.2) is 9.78 Å². The van der Waals surface area contributed by atoms with E-state index in [2.05, 4.69) is 29.5 Å². The predicted octanol–water partition coefficient (Wildman–Crippen LogP) is 4.37. The Balaban J connectivity index is 0.00000194. The molecule has 1 aliphatic rings. The zero-order chi connectivity index (χ0) is 26.8. The molecule has 8 nitrogen and oxygen atoms in total. The summed E-state index contributed by atoms with van der Waals surface area (Å²) in [5.41, 5.74) is -1.41. The van der Waals surface area contributed by atoms with Crippen molar-refractivity contribution in [2.75, 3.05) is 13.7 Å². The summed E-state index contributed by atoms with van der Waals surface area (Å²) < 4.78 is 49.2. The average molecular weight is 506 g/mol. The monoisotopic (exact) mass is 505 g/mol. The first kappa shape index (κ1) is 30.5. The van der Waals surface area contributed by atoms with Gasteiger partial charge in [-0.05, 0) is 58.1 Å². The van der Waals surface area contributed by atoms with Gasteiger partial charge in [0.25, 0.3) is 0 Å². The van der Waals surface area contributed by atoms with Crippen molar-refractivity contribution in [3.05, 3.63) is 22.9 Å². The highest BCUT2D eigenvalue weighted by Crippen LogP contribution is 2.32. The number of nitrogens with zero attached hydrogens (tertiary/aromatic N) is 1. The van der Waals surface area contributed by atoms with Gasteiger partial charge in [-0.3, -0.25) is 4.79 Å². The first-order valence-corrected chi connectivity index (χ1v) is 11.8. The highest BCUT2D eigenvalue weighted by Gasteiger charge is 2.35.